The zero-order valence-corrected chi connectivity index (χ0v) is 11.4. The van der Waals surface area contributed by atoms with E-state index in [1.165, 1.54) is 6.33 Å². The van der Waals surface area contributed by atoms with Crippen molar-refractivity contribution in [3.8, 4) is 5.88 Å². The molecule has 2 rings (SSSR count). The molecule has 0 aliphatic rings. The predicted octanol–water partition coefficient (Wildman–Crippen LogP) is 2.58. The zero-order valence-electron chi connectivity index (χ0n) is 11.4. The van der Waals surface area contributed by atoms with Crippen LogP contribution in [-0.4, -0.2) is 21.1 Å². The lowest BCUT2D eigenvalue weighted by Crippen LogP contribution is -2.09. The summed E-state index contributed by atoms with van der Waals surface area (Å²) in [6.45, 7) is 6.60. The van der Waals surface area contributed by atoms with E-state index in [-0.39, 0.29) is 6.10 Å². The second-order valence-electron chi connectivity index (χ2n) is 4.53. The first-order valence-electron chi connectivity index (χ1n) is 6.28. The summed E-state index contributed by atoms with van der Waals surface area (Å²) in [5.74, 6) is 1.31. The summed E-state index contributed by atoms with van der Waals surface area (Å²) < 4.78 is 5.52. The van der Waals surface area contributed by atoms with Gasteiger partial charge in [0.2, 0.25) is 5.88 Å². The Kier molecular flexibility index (Phi) is 4.28. The van der Waals surface area contributed by atoms with Crippen LogP contribution in [0.4, 0.5) is 5.82 Å². The van der Waals surface area contributed by atoms with Crippen molar-refractivity contribution in [1.82, 2.24) is 15.0 Å². The summed E-state index contributed by atoms with van der Waals surface area (Å²) in [6.07, 6.45) is 3.38. The first-order chi connectivity index (χ1) is 9.15. The van der Waals surface area contributed by atoms with Crippen LogP contribution >= 0.6 is 0 Å². The van der Waals surface area contributed by atoms with Gasteiger partial charge in [-0.25, -0.2) is 9.97 Å². The molecule has 1 N–H and O–H groups in total. The SMILES string of the molecule is Cc1cccnc1CNc1cc(OC(C)C)ncn1. The summed E-state index contributed by atoms with van der Waals surface area (Å²) in [7, 11) is 0. The van der Waals surface area contributed by atoms with Crippen LogP contribution in [-0.2, 0) is 6.54 Å². The maximum Gasteiger partial charge on any atom is 0.218 e. The molecule has 0 bridgehead atoms. The van der Waals surface area contributed by atoms with E-state index in [1.54, 1.807) is 12.3 Å². The molecule has 5 heteroatoms. The minimum atomic E-state index is 0.0979. The third kappa shape index (κ3) is 3.91. The van der Waals surface area contributed by atoms with Gasteiger partial charge in [0.05, 0.1) is 18.3 Å². The minimum Gasteiger partial charge on any atom is -0.475 e. The Bertz CT molecular complexity index is 542. The van der Waals surface area contributed by atoms with E-state index in [9.17, 15) is 0 Å². The van der Waals surface area contributed by atoms with Gasteiger partial charge in [-0.05, 0) is 32.4 Å². The van der Waals surface area contributed by atoms with Gasteiger partial charge in [0.1, 0.15) is 12.1 Å². The Balaban J connectivity index is 2.02. The molecule has 5 nitrogen and oxygen atoms in total. The van der Waals surface area contributed by atoms with Crippen molar-refractivity contribution >= 4 is 5.82 Å². The summed E-state index contributed by atoms with van der Waals surface area (Å²) in [5, 5.41) is 3.22. The Morgan fingerprint density at radius 3 is 2.84 bits per heavy atom. The van der Waals surface area contributed by atoms with Crippen LogP contribution in [0.25, 0.3) is 0 Å². The molecule has 0 spiro atoms. The Hall–Kier alpha value is -2.17. The fourth-order valence-corrected chi connectivity index (χ4v) is 1.62. The summed E-state index contributed by atoms with van der Waals surface area (Å²) >= 11 is 0. The molecule has 0 unspecified atom stereocenters. The smallest absolute Gasteiger partial charge is 0.218 e. The first kappa shape index (κ1) is 13.3. The van der Waals surface area contributed by atoms with Crippen LogP contribution in [0.1, 0.15) is 25.1 Å². The summed E-state index contributed by atoms with van der Waals surface area (Å²) in [5.41, 5.74) is 2.16. The molecule has 2 aromatic rings. The average molecular weight is 258 g/mol. The predicted molar refractivity (Wildman–Crippen MR) is 74.1 cm³/mol. The van der Waals surface area contributed by atoms with Crippen LogP contribution in [0.3, 0.4) is 0 Å². The van der Waals surface area contributed by atoms with Crippen molar-refractivity contribution in [3.63, 3.8) is 0 Å². The van der Waals surface area contributed by atoms with Crippen LogP contribution in [0, 0.1) is 6.92 Å². The maximum absolute atomic E-state index is 5.52. The van der Waals surface area contributed by atoms with Gasteiger partial charge in [-0.1, -0.05) is 6.07 Å². The van der Waals surface area contributed by atoms with Gasteiger partial charge in [-0.2, -0.15) is 0 Å². The molecule has 2 heterocycles. The monoisotopic (exact) mass is 258 g/mol. The molecule has 0 amide bonds. The largest absolute Gasteiger partial charge is 0.475 e. The molecule has 2 aromatic heterocycles. The molecule has 19 heavy (non-hydrogen) atoms. The highest BCUT2D eigenvalue weighted by Crippen LogP contribution is 2.13. The Morgan fingerprint density at radius 1 is 1.26 bits per heavy atom. The molecule has 0 saturated heterocycles. The van der Waals surface area contributed by atoms with Crippen LogP contribution in [0.5, 0.6) is 5.88 Å². The van der Waals surface area contributed by atoms with Gasteiger partial charge in [0, 0.05) is 12.3 Å². The molecular formula is C14H18N4O. The van der Waals surface area contributed by atoms with Crippen molar-refractivity contribution < 1.29 is 4.74 Å². The Morgan fingerprint density at radius 2 is 2.11 bits per heavy atom. The molecule has 0 aliphatic heterocycles. The van der Waals surface area contributed by atoms with E-state index < -0.39 is 0 Å². The lowest BCUT2D eigenvalue weighted by molar-refractivity contribution is 0.232. The fraction of sp³-hybridized carbons (Fsp3) is 0.357. The number of hydrogen-bond acceptors (Lipinski definition) is 5. The second-order valence-corrected chi connectivity index (χ2v) is 4.53. The third-order valence-corrected chi connectivity index (χ3v) is 2.55. The zero-order chi connectivity index (χ0) is 13.7. The highest BCUT2D eigenvalue weighted by Gasteiger charge is 2.03. The molecule has 0 atom stereocenters. The van der Waals surface area contributed by atoms with Gasteiger partial charge >= 0.3 is 0 Å². The lowest BCUT2D eigenvalue weighted by Gasteiger charge is -2.10. The summed E-state index contributed by atoms with van der Waals surface area (Å²) in [6, 6.07) is 5.76. The van der Waals surface area contributed by atoms with Crippen molar-refractivity contribution in [2.24, 2.45) is 0 Å². The van der Waals surface area contributed by atoms with E-state index in [2.05, 4.69) is 20.3 Å². The number of anilines is 1. The van der Waals surface area contributed by atoms with Gasteiger partial charge in [-0.3, -0.25) is 4.98 Å². The van der Waals surface area contributed by atoms with Gasteiger partial charge in [-0.15, -0.1) is 0 Å². The molecule has 0 aliphatic carbocycles. The first-order valence-corrected chi connectivity index (χ1v) is 6.28. The number of nitrogens with one attached hydrogen (secondary N) is 1. The van der Waals surface area contributed by atoms with Crippen LogP contribution in [0.15, 0.2) is 30.7 Å². The number of rotatable bonds is 5. The number of hydrogen-bond donors (Lipinski definition) is 1. The van der Waals surface area contributed by atoms with Crippen LogP contribution < -0.4 is 10.1 Å². The lowest BCUT2D eigenvalue weighted by atomic mass is 10.2. The maximum atomic E-state index is 5.52. The molecule has 0 saturated carbocycles. The van der Waals surface area contributed by atoms with E-state index in [0.29, 0.717) is 12.4 Å². The second kappa shape index (κ2) is 6.13. The van der Waals surface area contributed by atoms with Gasteiger partial charge < -0.3 is 10.1 Å². The van der Waals surface area contributed by atoms with Gasteiger partial charge in [0.15, 0.2) is 0 Å². The number of pyridine rings is 1. The van der Waals surface area contributed by atoms with Crippen molar-refractivity contribution in [3.05, 3.63) is 42.0 Å². The summed E-state index contributed by atoms with van der Waals surface area (Å²) in [4.78, 5) is 12.6. The van der Waals surface area contributed by atoms with Crippen molar-refractivity contribution in [2.45, 2.75) is 33.4 Å². The van der Waals surface area contributed by atoms with Crippen molar-refractivity contribution in [1.29, 1.82) is 0 Å². The highest BCUT2D eigenvalue weighted by molar-refractivity contribution is 5.38. The third-order valence-electron chi connectivity index (χ3n) is 2.55. The van der Waals surface area contributed by atoms with E-state index in [0.717, 1.165) is 17.1 Å². The number of nitrogens with zero attached hydrogens (tertiary/aromatic N) is 3. The van der Waals surface area contributed by atoms with E-state index >= 15 is 0 Å². The van der Waals surface area contributed by atoms with E-state index in [1.807, 2.05) is 32.9 Å². The number of ether oxygens (including phenoxy) is 1. The number of aryl methyl sites for hydroxylation is 1. The van der Waals surface area contributed by atoms with Crippen molar-refractivity contribution in [2.75, 3.05) is 5.32 Å². The van der Waals surface area contributed by atoms with Gasteiger partial charge in [0.25, 0.3) is 0 Å². The quantitative estimate of drug-likeness (QED) is 0.893. The molecule has 0 fully saturated rings. The van der Waals surface area contributed by atoms with Crippen LogP contribution in [0.2, 0.25) is 0 Å². The highest BCUT2D eigenvalue weighted by atomic mass is 16.5. The minimum absolute atomic E-state index is 0.0979. The van der Waals surface area contributed by atoms with E-state index in [4.69, 9.17) is 4.74 Å². The average Bonchev–Trinajstić information content (AvgIpc) is 2.37. The molecule has 100 valence electrons. The normalized spacial score (nSPS) is 10.5. The fourth-order valence-electron chi connectivity index (χ4n) is 1.62. The topological polar surface area (TPSA) is 59.9 Å². The molecule has 0 radical (unpaired) electrons. The Labute approximate surface area is 113 Å². The molecular weight excluding hydrogens is 240 g/mol. The molecule has 0 aromatic carbocycles. The standard InChI is InChI=1S/C14H18N4O/c1-10(2)19-14-7-13(17-9-18-14)16-8-12-11(3)5-4-6-15-12/h4-7,9-10H,8H2,1-3H3,(H,16,17,18). The number of aromatic nitrogens is 3.